The maximum absolute atomic E-state index is 14.1. The first-order valence-corrected chi connectivity index (χ1v) is 16.5. The maximum atomic E-state index is 14.1. The van der Waals surface area contributed by atoms with Gasteiger partial charge in [-0.25, -0.2) is 22.9 Å². The molecule has 208 valence electrons. The standard InChI is InChI=1S/C28H35FN4O3P2S/c1-16(18-5-4-6-19(23(18)37)24(29)38)9-22-20-10-21(26(34)33(2)25(20)31-15-30-22)28(36-3)11-27(12-28)13-39(35,14-27)32-17-7-8-17/h4-6,10,15-17,24H,7-9,11-14,37-38H2,1-3H3/t16-,24?,27?,28?,39?/m0/s1. The number of hydrogen-bond donors (Lipinski definition) is 0. The third kappa shape index (κ3) is 4.67. The molecule has 0 bridgehead atoms. The van der Waals surface area contributed by atoms with E-state index in [9.17, 15) is 13.4 Å². The molecule has 0 N–H and O–H groups in total. The Balaban J connectivity index is 1.34. The molecular formula is C28H35FN4O3P2S. The smallest absolute Gasteiger partial charge is 0.258 e. The average molecular weight is 589 g/mol. The number of pyridine rings is 1. The van der Waals surface area contributed by atoms with E-state index in [0.717, 1.165) is 34.8 Å². The van der Waals surface area contributed by atoms with Crippen molar-refractivity contribution in [2.45, 2.75) is 62.5 Å². The van der Waals surface area contributed by atoms with Crippen LogP contribution < -0.4 is 10.9 Å². The Morgan fingerprint density at radius 1 is 1.26 bits per heavy atom. The minimum atomic E-state index is -2.11. The van der Waals surface area contributed by atoms with Crippen LogP contribution in [0.25, 0.3) is 11.0 Å². The predicted octanol–water partition coefficient (Wildman–Crippen LogP) is 4.28. The summed E-state index contributed by atoms with van der Waals surface area (Å²) in [6.07, 6.45) is 5.54. The summed E-state index contributed by atoms with van der Waals surface area (Å²) in [6, 6.07) is 7.91. The SMILES string of the molecule is COC1(c2cc3c(C[C@H](C)c4cccc(C(F)P)c4P)ncnc3n(C)c2=O)CC2(C1)CS(=O)(=NC1CC1)C2. The Morgan fingerprint density at radius 2 is 1.95 bits per heavy atom. The molecule has 1 aromatic carbocycles. The van der Waals surface area contributed by atoms with E-state index in [1.54, 1.807) is 24.8 Å². The molecule has 3 fully saturated rings. The number of halogens is 1. The fraction of sp³-hybridized carbons (Fsp3) is 0.536. The van der Waals surface area contributed by atoms with Crippen molar-refractivity contribution in [2.75, 3.05) is 18.6 Å². The molecule has 6 rings (SSSR count). The Hall–Kier alpha value is -1.79. The number of fused-ring (bicyclic) bond motifs is 1. The van der Waals surface area contributed by atoms with Crippen LogP contribution in [0.5, 0.6) is 0 Å². The molecule has 1 saturated heterocycles. The lowest BCUT2D eigenvalue weighted by atomic mass is 9.58. The number of rotatable bonds is 7. The summed E-state index contributed by atoms with van der Waals surface area (Å²) >= 11 is 0. The van der Waals surface area contributed by atoms with E-state index >= 15 is 0 Å². The van der Waals surface area contributed by atoms with Crippen LogP contribution in [-0.4, -0.2) is 43.4 Å². The molecule has 0 amide bonds. The van der Waals surface area contributed by atoms with Crippen LogP contribution in [0.1, 0.15) is 66.8 Å². The van der Waals surface area contributed by atoms with Crippen LogP contribution in [0.3, 0.4) is 0 Å². The van der Waals surface area contributed by atoms with Crippen molar-refractivity contribution in [3.8, 4) is 0 Å². The molecule has 3 aromatic rings. The summed E-state index contributed by atoms with van der Waals surface area (Å²) < 4.78 is 39.4. The van der Waals surface area contributed by atoms with E-state index in [-0.39, 0.29) is 16.9 Å². The molecule has 3 unspecified atom stereocenters. The second-order valence-electron chi connectivity index (χ2n) is 11.8. The van der Waals surface area contributed by atoms with Gasteiger partial charge in [0.05, 0.1) is 22.9 Å². The van der Waals surface area contributed by atoms with Gasteiger partial charge in [-0.3, -0.25) is 9.36 Å². The van der Waals surface area contributed by atoms with Crippen molar-refractivity contribution < 1.29 is 13.3 Å². The molecule has 4 atom stereocenters. The van der Waals surface area contributed by atoms with Crippen molar-refractivity contribution in [3.63, 3.8) is 0 Å². The number of nitrogens with zero attached hydrogens (tertiary/aromatic N) is 4. The van der Waals surface area contributed by atoms with Crippen LogP contribution in [0.2, 0.25) is 0 Å². The summed E-state index contributed by atoms with van der Waals surface area (Å²) in [5.41, 5.74) is 2.76. The van der Waals surface area contributed by atoms with Crippen molar-refractivity contribution in [1.82, 2.24) is 14.5 Å². The lowest BCUT2D eigenvalue weighted by Gasteiger charge is -2.60. The Morgan fingerprint density at radius 3 is 2.59 bits per heavy atom. The van der Waals surface area contributed by atoms with Crippen molar-refractivity contribution in [3.05, 3.63) is 63.3 Å². The number of aryl methyl sites for hydroxylation is 1. The van der Waals surface area contributed by atoms with Crippen LogP contribution in [0.4, 0.5) is 4.39 Å². The highest BCUT2D eigenvalue weighted by atomic mass is 32.2. The van der Waals surface area contributed by atoms with E-state index in [2.05, 4.69) is 39.7 Å². The van der Waals surface area contributed by atoms with Crippen molar-refractivity contribution >= 4 is 44.5 Å². The normalized spacial score (nSPS) is 29.6. The molecule has 39 heavy (non-hydrogen) atoms. The van der Waals surface area contributed by atoms with Crippen LogP contribution in [-0.2, 0) is 33.5 Å². The van der Waals surface area contributed by atoms with E-state index in [1.165, 1.54) is 6.33 Å². The van der Waals surface area contributed by atoms with Gasteiger partial charge in [-0.2, -0.15) is 0 Å². The molecule has 3 heterocycles. The predicted molar refractivity (Wildman–Crippen MR) is 160 cm³/mol. The summed E-state index contributed by atoms with van der Waals surface area (Å²) in [6.45, 7) is 2.10. The first kappa shape index (κ1) is 27.4. The lowest BCUT2D eigenvalue weighted by Crippen LogP contribution is -2.64. The van der Waals surface area contributed by atoms with Crippen LogP contribution in [0.15, 0.2) is 39.8 Å². The van der Waals surface area contributed by atoms with Gasteiger partial charge in [0.1, 0.15) is 17.9 Å². The van der Waals surface area contributed by atoms with Gasteiger partial charge < -0.3 is 4.74 Å². The molecule has 2 saturated carbocycles. The van der Waals surface area contributed by atoms with Gasteiger partial charge in [-0.15, -0.1) is 9.24 Å². The minimum absolute atomic E-state index is 0.0571. The second-order valence-corrected chi connectivity index (χ2v) is 15.3. The Bertz CT molecular complexity index is 1640. The fourth-order valence-corrected chi connectivity index (χ4v) is 11.0. The molecule has 2 aromatic heterocycles. The third-order valence-electron chi connectivity index (χ3n) is 8.74. The van der Waals surface area contributed by atoms with Gasteiger partial charge >= 0.3 is 0 Å². The molecule has 1 aliphatic heterocycles. The quantitative estimate of drug-likeness (QED) is 0.385. The van der Waals surface area contributed by atoms with E-state index in [1.807, 2.05) is 18.2 Å². The number of ether oxygens (including phenoxy) is 1. The van der Waals surface area contributed by atoms with Crippen molar-refractivity contribution in [1.29, 1.82) is 0 Å². The van der Waals surface area contributed by atoms with Gasteiger partial charge in [0, 0.05) is 46.2 Å². The fourth-order valence-electron chi connectivity index (χ4n) is 6.73. The number of alkyl halides is 1. The molecule has 7 nitrogen and oxygen atoms in total. The zero-order valence-electron chi connectivity index (χ0n) is 22.5. The highest BCUT2D eigenvalue weighted by molar-refractivity contribution is 7.95. The van der Waals surface area contributed by atoms with E-state index in [4.69, 9.17) is 4.74 Å². The third-order valence-corrected chi connectivity index (χ3v) is 12.6. The molecule has 1 spiro atoms. The highest BCUT2D eigenvalue weighted by Gasteiger charge is 2.64. The highest BCUT2D eigenvalue weighted by Crippen LogP contribution is 2.61. The van der Waals surface area contributed by atoms with Gasteiger partial charge in [-0.1, -0.05) is 34.4 Å². The number of hydrogen-bond acceptors (Lipinski definition) is 6. The average Bonchev–Trinajstić information content (AvgIpc) is 3.67. The van der Waals surface area contributed by atoms with Gasteiger partial charge in [0.25, 0.3) is 5.56 Å². The second kappa shape index (κ2) is 9.65. The molecular weight excluding hydrogens is 553 g/mol. The molecule has 3 aliphatic rings. The Kier molecular flexibility index (Phi) is 6.77. The number of aromatic nitrogens is 3. The zero-order valence-corrected chi connectivity index (χ0v) is 25.6. The van der Waals surface area contributed by atoms with Crippen LogP contribution >= 0.6 is 18.5 Å². The summed E-state index contributed by atoms with van der Waals surface area (Å²) in [5.74, 6) is 0.132. The van der Waals surface area contributed by atoms with Gasteiger partial charge in [0.2, 0.25) is 0 Å². The first-order chi connectivity index (χ1) is 18.5. The largest absolute Gasteiger partial charge is 0.373 e. The monoisotopic (exact) mass is 588 g/mol. The van der Waals surface area contributed by atoms with Gasteiger partial charge in [-0.05, 0) is 60.5 Å². The number of methoxy groups -OCH3 is 1. The number of benzene rings is 1. The van der Waals surface area contributed by atoms with E-state index < -0.39 is 21.2 Å². The van der Waals surface area contributed by atoms with Crippen LogP contribution in [0, 0.1) is 5.41 Å². The molecule has 0 radical (unpaired) electrons. The molecule has 11 heteroatoms. The zero-order chi connectivity index (χ0) is 27.7. The summed E-state index contributed by atoms with van der Waals surface area (Å²) in [5, 5.41) is 1.68. The Labute approximate surface area is 233 Å². The first-order valence-electron chi connectivity index (χ1n) is 13.4. The molecule has 2 aliphatic carbocycles. The maximum Gasteiger partial charge on any atom is 0.258 e. The van der Waals surface area contributed by atoms with Gasteiger partial charge in [0.15, 0.2) is 0 Å². The summed E-state index contributed by atoms with van der Waals surface area (Å²) in [7, 11) is 6.19. The topological polar surface area (TPSA) is 86.4 Å². The summed E-state index contributed by atoms with van der Waals surface area (Å²) in [4.78, 5) is 22.7. The van der Waals surface area contributed by atoms with Crippen molar-refractivity contribution in [2.24, 2.45) is 16.8 Å². The van der Waals surface area contributed by atoms with E-state index in [0.29, 0.717) is 53.6 Å². The minimum Gasteiger partial charge on any atom is -0.373 e. The lowest BCUT2D eigenvalue weighted by molar-refractivity contribution is -0.148.